The van der Waals surface area contributed by atoms with Crippen LogP contribution in [-0.4, -0.2) is 80.4 Å². The van der Waals surface area contributed by atoms with Gasteiger partial charge in [-0.15, -0.1) is 0 Å². The largest absolute Gasteiger partial charge is 0.346 e. The Morgan fingerprint density at radius 2 is 1.53 bits per heavy atom. The maximum atomic E-state index is 13.0. The standard InChI is InChI=1S/C29H48N4O3/c1-28(2)19-24(20-29(3,21-28)22-30-27(36)31(4)5)18-26(35)33(7)17-11-16-32(6)25(34)15-14-23-12-9-8-10-13-23/h8-10,12-13,24H,11,14-22H2,1-7H3,(H,30,36). The molecule has 7 nitrogen and oxygen atoms in total. The highest BCUT2D eigenvalue weighted by Crippen LogP contribution is 2.49. The second kappa shape index (κ2) is 13.1. The summed E-state index contributed by atoms with van der Waals surface area (Å²) in [5.41, 5.74) is 1.27. The third-order valence-corrected chi connectivity index (χ3v) is 7.37. The van der Waals surface area contributed by atoms with Crippen LogP contribution in [0.25, 0.3) is 0 Å². The van der Waals surface area contributed by atoms with Gasteiger partial charge in [-0.05, 0) is 54.4 Å². The van der Waals surface area contributed by atoms with Crippen LogP contribution in [0.5, 0.6) is 0 Å². The molecule has 0 aliphatic heterocycles. The molecular weight excluding hydrogens is 452 g/mol. The molecule has 202 valence electrons. The molecule has 0 saturated heterocycles. The van der Waals surface area contributed by atoms with E-state index < -0.39 is 0 Å². The molecule has 1 saturated carbocycles. The fraction of sp³-hybridized carbons (Fsp3) is 0.690. The van der Waals surface area contributed by atoms with E-state index in [0.29, 0.717) is 38.4 Å². The molecule has 1 aromatic carbocycles. The zero-order valence-corrected chi connectivity index (χ0v) is 23.6. The molecule has 0 aromatic heterocycles. The molecule has 1 aliphatic carbocycles. The number of nitrogens with zero attached hydrogens (tertiary/aromatic N) is 3. The monoisotopic (exact) mass is 500 g/mol. The molecule has 0 heterocycles. The van der Waals surface area contributed by atoms with Crippen LogP contribution in [0.1, 0.15) is 64.9 Å². The van der Waals surface area contributed by atoms with E-state index in [0.717, 1.165) is 32.1 Å². The van der Waals surface area contributed by atoms with Gasteiger partial charge in [0.1, 0.15) is 0 Å². The molecule has 1 fully saturated rings. The quantitative estimate of drug-likeness (QED) is 0.489. The summed E-state index contributed by atoms with van der Waals surface area (Å²) in [6.45, 7) is 8.68. The van der Waals surface area contributed by atoms with Crippen molar-refractivity contribution in [1.82, 2.24) is 20.0 Å². The number of urea groups is 1. The summed E-state index contributed by atoms with van der Waals surface area (Å²) in [4.78, 5) is 42.7. The molecule has 2 rings (SSSR count). The van der Waals surface area contributed by atoms with Crippen molar-refractivity contribution in [2.45, 2.75) is 65.7 Å². The number of hydrogen-bond donors (Lipinski definition) is 1. The molecule has 1 aromatic rings. The minimum atomic E-state index is -0.0736. The predicted octanol–water partition coefficient (Wildman–Crippen LogP) is 4.42. The van der Waals surface area contributed by atoms with E-state index in [-0.39, 0.29) is 28.7 Å². The summed E-state index contributed by atoms with van der Waals surface area (Å²) in [5, 5.41) is 3.05. The van der Waals surface area contributed by atoms with Crippen LogP contribution in [0.3, 0.4) is 0 Å². The number of carbonyl (C=O) groups is 3. The van der Waals surface area contributed by atoms with Gasteiger partial charge in [0.15, 0.2) is 0 Å². The van der Waals surface area contributed by atoms with Gasteiger partial charge >= 0.3 is 6.03 Å². The summed E-state index contributed by atoms with van der Waals surface area (Å²) in [5.74, 6) is 0.598. The van der Waals surface area contributed by atoms with Gasteiger partial charge < -0.3 is 20.0 Å². The Balaban J connectivity index is 1.77. The van der Waals surface area contributed by atoms with Gasteiger partial charge in [0.2, 0.25) is 11.8 Å². The molecule has 7 heteroatoms. The lowest BCUT2D eigenvalue weighted by atomic mass is 9.60. The number of amides is 4. The van der Waals surface area contributed by atoms with Crippen molar-refractivity contribution < 1.29 is 14.4 Å². The van der Waals surface area contributed by atoms with Crippen molar-refractivity contribution in [2.75, 3.05) is 47.8 Å². The lowest BCUT2D eigenvalue weighted by Crippen LogP contribution is -2.46. The number of rotatable bonds is 11. The van der Waals surface area contributed by atoms with Crippen LogP contribution < -0.4 is 5.32 Å². The maximum Gasteiger partial charge on any atom is 0.316 e. The van der Waals surface area contributed by atoms with Gasteiger partial charge in [0, 0.05) is 60.7 Å². The van der Waals surface area contributed by atoms with Gasteiger partial charge in [-0.2, -0.15) is 0 Å². The number of nitrogens with one attached hydrogen (secondary N) is 1. The molecule has 36 heavy (non-hydrogen) atoms. The predicted molar refractivity (Wildman–Crippen MR) is 146 cm³/mol. The molecule has 2 unspecified atom stereocenters. The minimum Gasteiger partial charge on any atom is -0.346 e. The lowest BCUT2D eigenvalue weighted by molar-refractivity contribution is -0.132. The van der Waals surface area contributed by atoms with Crippen molar-refractivity contribution in [2.24, 2.45) is 16.7 Å². The third-order valence-electron chi connectivity index (χ3n) is 7.37. The number of benzene rings is 1. The molecule has 0 bridgehead atoms. The highest BCUT2D eigenvalue weighted by Gasteiger charge is 2.42. The molecule has 1 aliphatic rings. The highest BCUT2D eigenvalue weighted by molar-refractivity contribution is 5.77. The SMILES string of the molecule is CN(C)C(=O)NCC1(C)CC(CC(=O)N(C)CCCN(C)C(=O)CCc2ccccc2)CC(C)(C)C1. The summed E-state index contributed by atoms with van der Waals surface area (Å²) in [7, 11) is 7.20. The van der Waals surface area contributed by atoms with Crippen LogP contribution in [0.2, 0.25) is 0 Å². The average molecular weight is 501 g/mol. The van der Waals surface area contributed by atoms with E-state index in [2.05, 4.69) is 26.1 Å². The normalized spacial score (nSPS) is 20.9. The smallest absolute Gasteiger partial charge is 0.316 e. The van der Waals surface area contributed by atoms with Crippen LogP contribution in [0, 0.1) is 16.7 Å². The second-order valence-corrected chi connectivity index (χ2v) is 12.2. The lowest BCUT2D eigenvalue weighted by Gasteiger charge is -2.47. The third kappa shape index (κ3) is 9.82. The molecule has 2 atom stereocenters. The Labute approximate surface area is 218 Å². The van der Waals surface area contributed by atoms with E-state index in [1.54, 1.807) is 23.9 Å². The van der Waals surface area contributed by atoms with Gasteiger partial charge in [0.05, 0.1) is 0 Å². The van der Waals surface area contributed by atoms with E-state index in [1.807, 2.05) is 49.3 Å². The molecule has 1 N–H and O–H groups in total. The van der Waals surface area contributed by atoms with Crippen LogP contribution in [-0.2, 0) is 16.0 Å². The number of aryl methyl sites for hydroxylation is 1. The van der Waals surface area contributed by atoms with Crippen molar-refractivity contribution >= 4 is 17.8 Å². The van der Waals surface area contributed by atoms with Crippen LogP contribution in [0.15, 0.2) is 30.3 Å². The van der Waals surface area contributed by atoms with E-state index in [9.17, 15) is 14.4 Å². The molecule has 0 radical (unpaired) electrons. The molecule has 0 spiro atoms. The summed E-state index contributed by atoms with van der Waals surface area (Å²) in [6.07, 6.45) is 5.52. The van der Waals surface area contributed by atoms with Crippen LogP contribution >= 0.6 is 0 Å². The fourth-order valence-electron chi connectivity index (χ4n) is 5.86. The fourth-order valence-corrected chi connectivity index (χ4v) is 5.86. The highest BCUT2D eigenvalue weighted by atomic mass is 16.2. The van der Waals surface area contributed by atoms with E-state index in [4.69, 9.17) is 0 Å². The van der Waals surface area contributed by atoms with E-state index in [1.165, 1.54) is 5.56 Å². The first-order valence-corrected chi connectivity index (χ1v) is 13.3. The molecular formula is C29H48N4O3. The van der Waals surface area contributed by atoms with Crippen LogP contribution in [0.4, 0.5) is 4.79 Å². The van der Waals surface area contributed by atoms with Gasteiger partial charge in [0.25, 0.3) is 0 Å². The van der Waals surface area contributed by atoms with Crippen molar-refractivity contribution in [3.63, 3.8) is 0 Å². The molecule has 4 amide bonds. The summed E-state index contributed by atoms with van der Waals surface area (Å²) >= 11 is 0. The van der Waals surface area contributed by atoms with Crippen molar-refractivity contribution in [3.05, 3.63) is 35.9 Å². The first-order chi connectivity index (χ1) is 16.8. The Morgan fingerprint density at radius 1 is 0.917 bits per heavy atom. The first-order valence-electron chi connectivity index (χ1n) is 13.3. The summed E-state index contributed by atoms with van der Waals surface area (Å²) < 4.78 is 0. The average Bonchev–Trinajstić information content (AvgIpc) is 2.80. The Bertz CT molecular complexity index is 871. The second-order valence-electron chi connectivity index (χ2n) is 12.2. The van der Waals surface area contributed by atoms with Crippen molar-refractivity contribution in [1.29, 1.82) is 0 Å². The Hall–Kier alpha value is -2.57. The van der Waals surface area contributed by atoms with Gasteiger partial charge in [-0.25, -0.2) is 4.79 Å². The first kappa shape index (κ1) is 29.7. The zero-order chi connectivity index (χ0) is 26.9. The topological polar surface area (TPSA) is 73.0 Å². The number of carbonyl (C=O) groups excluding carboxylic acids is 3. The van der Waals surface area contributed by atoms with Crippen molar-refractivity contribution in [3.8, 4) is 0 Å². The summed E-state index contributed by atoms with van der Waals surface area (Å²) in [6, 6.07) is 9.99. The Kier molecular flexibility index (Phi) is 10.8. The number of hydrogen-bond acceptors (Lipinski definition) is 3. The van der Waals surface area contributed by atoms with Gasteiger partial charge in [-0.3, -0.25) is 9.59 Å². The Morgan fingerprint density at radius 3 is 2.14 bits per heavy atom. The van der Waals surface area contributed by atoms with E-state index >= 15 is 0 Å². The maximum absolute atomic E-state index is 13.0. The van der Waals surface area contributed by atoms with Gasteiger partial charge in [-0.1, -0.05) is 51.1 Å². The zero-order valence-electron chi connectivity index (χ0n) is 23.6. The minimum absolute atomic E-state index is 0.0280.